The van der Waals surface area contributed by atoms with Crippen LogP contribution in [0.3, 0.4) is 0 Å². The first kappa shape index (κ1) is 17.6. The molecule has 2 aliphatic rings. The Morgan fingerprint density at radius 2 is 2.00 bits per heavy atom. The zero-order valence-electron chi connectivity index (χ0n) is 13.8. The Bertz CT molecular complexity index is 518. The van der Waals surface area contributed by atoms with E-state index in [1.165, 1.54) is 0 Å². The fourth-order valence-electron chi connectivity index (χ4n) is 3.22. The zero-order chi connectivity index (χ0) is 16.8. The van der Waals surface area contributed by atoms with Gasteiger partial charge in [-0.05, 0) is 24.8 Å². The van der Waals surface area contributed by atoms with Crippen molar-refractivity contribution in [1.82, 2.24) is 0 Å². The molecule has 132 valence electrons. The number of aliphatic hydroxyl groups excluding tert-OH is 2. The Hall–Kier alpha value is -1.24. The molecule has 1 aromatic carbocycles. The van der Waals surface area contributed by atoms with Crippen molar-refractivity contribution >= 4 is 0 Å². The van der Waals surface area contributed by atoms with Gasteiger partial charge in [-0.1, -0.05) is 42.5 Å². The average Bonchev–Trinajstić information content (AvgIpc) is 3.12. The van der Waals surface area contributed by atoms with Crippen molar-refractivity contribution in [2.24, 2.45) is 0 Å². The third-order valence-corrected chi connectivity index (χ3v) is 4.56. The molecular formula is C19H26O5. The number of hydrogen-bond donors (Lipinski definition) is 2. The summed E-state index contributed by atoms with van der Waals surface area (Å²) in [6, 6.07) is 10.1. The smallest absolute Gasteiger partial charge is 0.103 e. The molecule has 2 aliphatic heterocycles. The summed E-state index contributed by atoms with van der Waals surface area (Å²) in [5, 5.41) is 18.7. The van der Waals surface area contributed by atoms with E-state index in [0.717, 1.165) is 24.8 Å². The summed E-state index contributed by atoms with van der Waals surface area (Å²) < 4.78 is 17.7. The van der Waals surface area contributed by atoms with Crippen LogP contribution in [0.1, 0.15) is 24.8 Å². The molecule has 1 aromatic rings. The first-order chi connectivity index (χ1) is 11.8. The number of hydrogen-bond acceptors (Lipinski definition) is 5. The van der Waals surface area contributed by atoms with Gasteiger partial charge in [0.05, 0.1) is 38.1 Å². The van der Waals surface area contributed by atoms with Crippen LogP contribution in [0.25, 0.3) is 0 Å². The Kier molecular flexibility index (Phi) is 6.40. The van der Waals surface area contributed by atoms with Gasteiger partial charge in [0.25, 0.3) is 0 Å². The molecular weight excluding hydrogens is 308 g/mol. The van der Waals surface area contributed by atoms with E-state index in [2.05, 4.69) is 6.08 Å². The fraction of sp³-hybridized carbons (Fsp3) is 0.579. The van der Waals surface area contributed by atoms with Crippen molar-refractivity contribution in [1.29, 1.82) is 0 Å². The van der Waals surface area contributed by atoms with Crippen LogP contribution in [0.15, 0.2) is 42.5 Å². The van der Waals surface area contributed by atoms with Crippen molar-refractivity contribution in [3.8, 4) is 0 Å². The highest BCUT2D eigenvalue weighted by Gasteiger charge is 2.36. The van der Waals surface area contributed by atoms with Crippen LogP contribution < -0.4 is 0 Å². The van der Waals surface area contributed by atoms with Gasteiger partial charge in [-0.15, -0.1) is 0 Å². The van der Waals surface area contributed by atoms with Crippen LogP contribution in [0.2, 0.25) is 0 Å². The largest absolute Gasteiger partial charge is 0.394 e. The second kappa shape index (κ2) is 8.74. The van der Waals surface area contributed by atoms with E-state index in [1.54, 1.807) is 0 Å². The lowest BCUT2D eigenvalue weighted by Crippen LogP contribution is -2.37. The Morgan fingerprint density at radius 1 is 1.17 bits per heavy atom. The van der Waals surface area contributed by atoms with Gasteiger partial charge in [-0.3, -0.25) is 0 Å². The predicted octanol–water partition coefficient (Wildman–Crippen LogP) is 1.82. The van der Waals surface area contributed by atoms with Crippen molar-refractivity contribution < 1.29 is 24.4 Å². The molecule has 0 spiro atoms. The van der Waals surface area contributed by atoms with Crippen molar-refractivity contribution in [3.05, 3.63) is 48.0 Å². The van der Waals surface area contributed by atoms with Crippen molar-refractivity contribution in [3.63, 3.8) is 0 Å². The minimum atomic E-state index is -0.812. The highest BCUT2D eigenvalue weighted by molar-refractivity contribution is 5.13. The second-order valence-electron chi connectivity index (χ2n) is 6.43. The summed E-state index contributed by atoms with van der Waals surface area (Å²) in [6.07, 6.45) is 5.29. The molecule has 1 saturated heterocycles. The van der Waals surface area contributed by atoms with Crippen molar-refractivity contribution in [2.45, 2.75) is 56.4 Å². The van der Waals surface area contributed by atoms with Gasteiger partial charge in [-0.2, -0.15) is 0 Å². The topological polar surface area (TPSA) is 68.2 Å². The molecule has 2 N–H and O–H groups in total. The molecule has 1 unspecified atom stereocenters. The summed E-state index contributed by atoms with van der Waals surface area (Å²) in [5.41, 5.74) is 1.15. The summed E-state index contributed by atoms with van der Waals surface area (Å²) in [6.45, 7) is 0.861. The minimum absolute atomic E-state index is 0.0223. The summed E-state index contributed by atoms with van der Waals surface area (Å²) in [7, 11) is 0. The second-order valence-corrected chi connectivity index (χ2v) is 6.43. The van der Waals surface area contributed by atoms with E-state index in [-0.39, 0.29) is 31.0 Å². The number of ether oxygens (including phenoxy) is 3. The monoisotopic (exact) mass is 334 g/mol. The lowest BCUT2D eigenvalue weighted by atomic mass is 10.0. The maximum atomic E-state index is 9.70. The normalized spacial score (nSPS) is 31.2. The first-order valence-corrected chi connectivity index (χ1v) is 8.64. The number of rotatable bonds is 7. The molecule has 0 radical (unpaired) electrons. The highest BCUT2D eigenvalue weighted by atomic mass is 16.6. The van der Waals surface area contributed by atoms with Crippen LogP contribution in [0.5, 0.6) is 0 Å². The van der Waals surface area contributed by atoms with E-state index in [1.807, 2.05) is 36.4 Å². The predicted molar refractivity (Wildman–Crippen MR) is 89.5 cm³/mol. The molecule has 5 nitrogen and oxygen atoms in total. The SMILES string of the molecule is OCC(O)[C@@H]1CC[C@@H]([C@H]2C=CC[C@@H](COCc3ccccc3)O2)O1. The van der Waals surface area contributed by atoms with E-state index in [9.17, 15) is 5.11 Å². The molecule has 0 bridgehead atoms. The van der Waals surface area contributed by atoms with Gasteiger partial charge in [0.15, 0.2) is 0 Å². The highest BCUT2D eigenvalue weighted by Crippen LogP contribution is 2.29. The number of aliphatic hydroxyl groups is 2. The molecule has 3 rings (SSSR count). The molecule has 0 aliphatic carbocycles. The molecule has 1 fully saturated rings. The minimum Gasteiger partial charge on any atom is -0.394 e. The molecule has 5 atom stereocenters. The van der Waals surface area contributed by atoms with Gasteiger partial charge >= 0.3 is 0 Å². The van der Waals surface area contributed by atoms with Crippen LogP contribution >= 0.6 is 0 Å². The maximum absolute atomic E-state index is 9.70. The lowest BCUT2D eigenvalue weighted by Gasteiger charge is -2.30. The summed E-state index contributed by atoms with van der Waals surface area (Å²) >= 11 is 0. The van der Waals surface area contributed by atoms with Gasteiger partial charge in [0.1, 0.15) is 12.2 Å². The van der Waals surface area contributed by atoms with E-state index in [0.29, 0.717) is 13.2 Å². The van der Waals surface area contributed by atoms with Gasteiger partial charge in [0.2, 0.25) is 0 Å². The molecule has 0 amide bonds. The Balaban J connectivity index is 1.43. The lowest BCUT2D eigenvalue weighted by molar-refractivity contribution is -0.121. The Labute approximate surface area is 142 Å². The molecule has 0 aromatic heterocycles. The molecule has 5 heteroatoms. The van der Waals surface area contributed by atoms with Crippen molar-refractivity contribution in [2.75, 3.05) is 13.2 Å². The molecule has 0 saturated carbocycles. The Morgan fingerprint density at radius 3 is 2.79 bits per heavy atom. The van der Waals surface area contributed by atoms with Crippen LogP contribution in [0.4, 0.5) is 0 Å². The van der Waals surface area contributed by atoms with E-state index in [4.69, 9.17) is 19.3 Å². The third kappa shape index (κ3) is 4.65. The average molecular weight is 334 g/mol. The third-order valence-electron chi connectivity index (χ3n) is 4.56. The quantitative estimate of drug-likeness (QED) is 0.745. The summed E-state index contributed by atoms with van der Waals surface area (Å²) in [4.78, 5) is 0. The van der Waals surface area contributed by atoms with Crippen LogP contribution in [-0.4, -0.2) is 53.9 Å². The van der Waals surface area contributed by atoms with Gasteiger partial charge in [0, 0.05) is 0 Å². The van der Waals surface area contributed by atoms with E-state index >= 15 is 0 Å². The van der Waals surface area contributed by atoms with Crippen LogP contribution in [-0.2, 0) is 20.8 Å². The molecule has 2 heterocycles. The fourth-order valence-corrected chi connectivity index (χ4v) is 3.22. The van der Waals surface area contributed by atoms with Gasteiger partial charge in [-0.25, -0.2) is 0 Å². The van der Waals surface area contributed by atoms with Gasteiger partial charge < -0.3 is 24.4 Å². The molecule has 24 heavy (non-hydrogen) atoms. The van der Waals surface area contributed by atoms with Crippen LogP contribution in [0, 0.1) is 0 Å². The maximum Gasteiger partial charge on any atom is 0.103 e. The standard InChI is InChI=1S/C19H26O5/c20-11-16(21)17-9-10-19(24-17)18-8-4-7-15(23-18)13-22-12-14-5-2-1-3-6-14/h1-6,8,15-21H,7,9-13H2/t15-,16?,17-,18+,19-/m0/s1. The van der Waals surface area contributed by atoms with E-state index < -0.39 is 6.10 Å². The first-order valence-electron chi connectivity index (χ1n) is 8.64. The zero-order valence-corrected chi connectivity index (χ0v) is 13.8. The number of benzene rings is 1. The summed E-state index contributed by atoms with van der Waals surface area (Å²) in [5.74, 6) is 0.